The molecule has 0 fully saturated rings. The highest BCUT2D eigenvalue weighted by Crippen LogP contribution is 2.07. The minimum Gasteiger partial charge on any atom is -0.346 e. The fourth-order valence-corrected chi connectivity index (χ4v) is 1.94. The molecular weight excluding hydrogens is 208 g/mol. The summed E-state index contributed by atoms with van der Waals surface area (Å²) in [5.74, 6) is 0. The molecule has 0 saturated heterocycles. The van der Waals surface area contributed by atoms with E-state index in [-0.39, 0.29) is 0 Å². The van der Waals surface area contributed by atoms with E-state index in [1.165, 1.54) is 17.7 Å². The van der Waals surface area contributed by atoms with Crippen molar-refractivity contribution in [2.75, 3.05) is 6.54 Å². The Hall–Kier alpha value is -1.54. The molecule has 2 nitrogen and oxygen atoms in total. The molecule has 0 bridgehead atoms. The highest BCUT2D eigenvalue weighted by molar-refractivity contribution is 5.17. The lowest BCUT2D eigenvalue weighted by Crippen LogP contribution is -2.16. The summed E-state index contributed by atoms with van der Waals surface area (Å²) in [5.41, 5.74) is 2.70. The first-order valence-electron chi connectivity index (χ1n) is 6.29. The molecule has 0 saturated carbocycles. The average Bonchev–Trinajstić information content (AvgIpc) is 2.79. The predicted octanol–water partition coefficient (Wildman–Crippen LogP) is 3.04. The van der Waals surface area contributed by atoms with Crippen LogP contribution in [-0.2, 0) is 13.1 Å². The van der Waals surface area contributed by atoms with Crippen molar-refractivity contribution in [3.8, 4) is 0 Å². The molecule has 2 aromatic rings. The van der Waals surface area contributed by atoms with Crippen LogP contribution in [0.3, 0.4) is 0 Å². The second-order valence-corrected chi connectivity index (χ2v) is 4.29. The highest BCUT2D eigenvalue weighted by Gasteiger charge is 2.00. The Bertz CT molecular complexity index is 431. The highest BCUT2D eigenvalue weighted by atomic mass is 15.0. The Morgan fingerprint density at radius 1 is 1.06 bits per heavy atom. The molecule has 0 amide bonds. The van der Waals surface area contributed by atoms with Crippen LogP contribution in [0.1, 0.15) is 24.6 Å². The molecule has 2 rings (SSSR count). The molecule has 0 radical (unpaired) electrons. The molecule has 1 heterocycles. The number of hydrogen-bond acceptors (Lipinski definition) is 1. The first-order chi connectivity index (χ1) is 8.40. The SMILES string of the molecule is CCCNCc1cccn1Cc1ccccc1. The van der Waals surface area contributed by atoms with Gasteiger partial charge in [0.05, 0.1) is 0 Å². The van der Waals surface area contributed by atoms with E-state index in [0.717, 1.165) is 19.6 Å². The number of hydrogen-bond donors (Lipinski definition) is 1. The Kier molecular flexibility index (Phi) is 4.39. The van der Waals surface area contributed by atoms with E-state index in [0.29, 0.717) is 0 Å². The molecule has 1 N–H and O–H groups in total. The van der Waals surface area contributed by atoms with Crippen molar-refractivity contribution in [2.45, 2.75) is 26.4 Å². The maximum atomic E-state index is 3.44. The van der Waals surface area contributed by atoms with Crippen LogP contribution in [0.15, 0.2) is 48.7 Å². The minimum atomic E-state index is 0.952. The zero-order valence-corrected chi connectivity index (χ0v) is 10.4. The van der Waals surface area contributed by atoms with Crippen LogP contribution < -0.4 is 5.32 Å². The number of aromatic nitrogens is 1. The van der Waals surface area contributed by atoms with E-state index in [2.05, 4.69) is 65.5 Å². The van der Waals surface area contributed by atoms with Gasteiger partial charge in [0, 0.05) is 25.0 Å². The quantitative estimate of drug-likeness (QED) is 0.752. The van der Waals surface area contributed by atoms with Gasteiger partial charge >= 0.3 is 0 Å². The number of benzene rings is 1. The van der Waals surface area contributed by atoms with Gasteiger partial charge in [0.25, 0.3) is 0 Å². The van der Waals surface area contributed by atoms with Crippen molar-refractivity contribution in [3.63, 3.8) is 0 Å². The molecule has 90 valence electrons. The molecular formula is C15H20N2. The first kappa shape index (κ1) is 11.9. The van der Waals surface area contributed by atoms with Gasteiger partial charge in [-0.25, -0.2) is 0 Å². The Labute approximate surface area is 103 Å². The van der Waals surface area contributed by atoms with Gasteiger partial charge in [-0.1, -0.05) is 37.3 Å². The lowest BCUT2D eigenvalue weighted by atomic mass is 10.2. The molecule has 0 aliphatic carbocycles. The molecule has 0 aliphatic heterocycles. The molecule has 17 heavy (non-hydrogen) atoms. The Balaban J connectivity index is 1.99. The standard InChI is InChI=1S/C15H20N2/c1-2-10-16-12-15-9-6-11-17(15)13-14-7-4-3-5-8-14/h3-9,11,16H,2,10,12-13H2,1H3. The first-order valence-corrected chi connectivity index (χ1v) is 6.29. The number of nitrogens with zero attached hydrogens (tertiary/aromatic N) is 1. The van der Waals surface area contributed by atoms with Gasteiger partial charge in [0.2, 0.25) is 0 Å². The fourth-order valence-electron chi connectivity index (χ4n) is 1.94. The van der Waals surface area contributed by atoms with Crippen molar-refractivity contribution in [3.05, 3.63) is 59.9 Å². The van der Waals surface area contributed by atoms with Crippen LogP contribution >= 0.6 is 0 Å². The normalized spacial score (nSPS) is 10.6. The third-order valence-corrected chi connectivity index (χ3v) is 2.85. The van der Waals surface area contributed by atoms with Crippen LogP contribution in [0, 0.1) is 0 Å². The summed E-state index contributed by atoms with van der Waals surface area (Å²) < 4.78 is 2.30. The lowest BCUT2D eigenvalue weighted by Gasteiger charge is -2.10. The third-order valence-electron chi connectivity index (χ3n) is 2.85. The molecule has 2 heteroatoms. The van der Waals surface area contributed by atoms with Crippen LogP contribution in [0.5, 0.6) is 0 Å². The van der Waals surface area contributed by atoms with Crippen LogP contribution in [0.2, 0.25) is 0 Å². The molecule has 0 atom stereocenters. The monoisotopic (exact) mass is 228 g/mol. The van der Waals surface area contributed by atoms with E-state index in [1.807, 2.05) is 0 Å². The molecule has 1 aromatic carbocycles. The fraction of sp³-hybridized carbons (Fsp3) is 0.333. The van der Waals surface area contributed by atoms with Crippen molar-refractivity contribution in [1.82, 2.24) is 9.88 Å². The van der Waals surface area contributed by atoms with E-state index in [1.54, 1.807) is 0 Å². The van der Waals surface area contributed by atoms with Crippen molar-refractivity contribution in [2.24, 2.45) is 0 Å². The summed E-state index contributed by atoms with van der Waals surface area (Å²) in [7, 11) is 0. The smallest absolute Gasteiger partial charge is 0.0473 e. The van der Waals surface area contributed by atoms with Gasteiger partial charge < -0.3 is 9.88 Å². The van der Waals surface area contributed by atoms with Gasteiger partial charge in [0.15, 0.2) is 0 Å². The van der Waals surface area contributed by atoms with Gasteiger partial charge in [0.1, 0.15) is 0 Å². The zero-order valence-electron chi connectivity index (χ0n) is 10.4. The summed E-state index contributed by atoms with van der Waals surface area (Å²) in [5, 5.41) is 3.44. The summed E-state index contributed by atoms with van der Waals surface area (Å²) >= 11 is 0. The largest absolute Gasteiger partial charge is 0.346 e. The van der Waals surface area contributed by atoms with Gasteiger partial charge in [-0.2, -0.15) is 0 Å². The summed E-state index contributed by atoms with van der Waals surface area (Å²) in [6.07, 6.45) is 3.33. The molecule has 0 unspecified atom stereocenters. The second kappa shape index (κ2) is 6.26. The van der Waals surface area contributed by atoms with Crippen LogP contribution in [0.25, 0.3) is 0 Å². The van der Waals surface area contributed by atoms with Crippen molar-refractivity contribution >= 4 is 0 Å². The van der Waals surface area contributed by atoms with Crippen LogP contribution in [-0.4, -0.2) is 11.1 Å². The number of rotatable bonds is 6. The second-order valence-electron chi connectivity index (χ2n) is 4.29. The molecule has 0 spiro atoms. The third kappa shape index (κ3) is 3.46. The molecule has 1 aromatic heterocycles. The Morgan fingerprint density at radius 2 is 1.88 bits per heavy atom. The van der Waals surface area contributed by atoms with E-state index < -0.39 is 0 Å². The van der Waals surface area contributed by atoms with Gasteiger partial charge in [-0.15, -0.1) is 0 Å². The van der Waals surface area contributed by atoms with Gasteiger partial charge in [-0.05, 0) is 30.7 Å². The van der Waals surface area contributed by atoms with E-state index >= 15 is 0 Å². The maximum Gasteiger partial charge on any atom is 0.0473 e. The summed E-state index contributed by atoms with van der Waals surface area (Å²) in [6, 6.07) is 14.9. The summed E-state index contributed by atoms with van der Waals surface area (Å²) in [6.45, 7) is 5.18. The van der Waals surface area contributed by atoms with Gasteiger partial charge in [-0.3, -0.25) is 0 Å². The molecule has 0 aliphatic rings. The minimum absolute atomic E-state index is 0.952. The van der Waals surface area contributed by atoms with Crippen molar-refractivity contribution in [1.29, 1.82) is 0 Å². The number of nitrogens with one attached hydrogen (secondary N) is 1. The Morgan fingerprint density at radius 3 is 2.65 bits per heavy atom. The lowest BCUT2D eigenvalue weighted by molar-refractivity contribution is 0.630. The topological polar surface area (TPSA) is 17.0 Å². The van der Waals surface area contributed by atoms with Crippen molar-refractivity contribution < 1.29 is 0 Å². The van der Waals surface area contributed by atoms with E-state index in [9.17, 15) is 0 Å². The predicted molar refractivity (Wildman–Crippen MR) is 72.0 cm³/mol. The maximum absolute atomic E-state index is 3.44. The average molecular weight is 228 g/mol. The van der Waals surface area contributed by atoms with E-state index in [4.69, 9.17) is 0 Å². The summed E-state index contributed by atoms with van der Waals surface area (Å²) in [4.78, 5) is 0. The van der Waals surface area contributed by atoms with Crippen LogP contribution in [0.4, 0.5) is 0 Å². The zero-order chi connectivity index (χ0) is 11.9.